The van der Waals surface area contributed by atoms with Crippen molar-refractivity contribution in [3.8, 4) is 0 Å². The van der Waals surface area contributed by atoms with E-state index in [2.05, 4.69) is 5.32 Å². The Morgan fingerprint density at radius 1 is 1.22 bits per heavy atom. The summed E-state index contributed by atoms with van der Waals surface area (Å²) < 4.78 is 25.5. The lowest BCUT2D eigenvalue weighted by Crippen LogP contribution is -2.39. The minimum Gasteiger partial charge on any atom is -0.337 e. The van der Waals surface area contributed by atoms with E-state index < -0.39 is 16.1 Å². The van der Waals surface area contributed by atoms with E-state index in [0.29, 0.717) is 12.5 Å². The summed E-state index contributed by atoms with van der Waals surface area (Å²) in [6, 6.07) is 7.09. The summed E-state index contributed by atoms with van der Waals surface area (Å²) in [5.41, 5.74) is 0. The van der Waals surface area contributed by atoms with Crippen LogP contribution in [0.15, 0.2) is 35.2 Å². The minimum atomic E-state index is -3.77. The zero-order valence-corrected chi connectivity index (χ0v) is 11.3. The topological polar surface area (TPSA) is 75.3 Å². The summed E-state index contributed by atoms with van der Waals surface area (Å²) >= 11 is 0. The van der Waals surface area contributed by atoms with Crippen molar-refractivity contribution in [1.29, 1.82) is 0 Å². The normalized spacial score (nSPS) is 11.3. The molecule has 0 atom stereocenters. The summed E-state index contributed by atoms with van der Waals surface area (Å²) in [6.45, 7) is 4.51. The quantitative estimate of drug-likeness (QED) is 0.855. The zero-order valence-electron chi connectivity index (χ0n) is 10.5. The molecule has 0 spiro atoms. The molecular weight excluding hydrogens is 252 g/mol. The van der Waals surface area contributed by atoms with Crippen LogP contribution in [0.25, 0.3) is 0 Å². The SMILES string of the molecule is CC(C)CCNC(=O)NS(=O)(=O)c1ccccc1. The first-order valence-electron chi connectivity index (χ1n) is 5.77. The van der Waals surface area contributed by atoms with E-state index in [4.69, 9.17) is 0 Å². The Hall–Kier alpha value is -1.56. The number of amides is 2. The molecule has 0 saturated carbocycles. The molecule has 1 aromatic carbocycles. The third-order valence-corrected chi connectivity index (χ3v) is 3.63. The molecule has 1 aromatic rings. The third kappa shape index (κ3) is 4.75. The van der Waals surface area contributed by atoms with Gasteiger partial charge in [-0.3, -0.25) is 0 Å². The molecule has 0 unspecified atom stereocenters. The summed E-state index contributed by atoms with van der Waals surface area (Å²) in [4.78, 5) is 11.5. The van der Waals surface area contributed by atoms with Gasteiger partial charge in [0.2, 0.25) is 0 Å². The molecular formula is C12H18N2O3S. The lowest BCUT2D eigenvalue weighted by molar-refractivity contribution is 0.245. The van der Waals surface area contributed by atoms with Crippen LogP contribution in [0.3, 0.4) is 0 Å². The molecule has 0 aromatic heterocycles. The molecule has 6 heteroatoms. The van der Waals surface area contributed by atoms with E-state index in [9.17, 15) is 13.2 Å². The molecule has 0 aliphatic rings. The maximum Gasteiger partial charge on any atom is 0.328 e. The van der Waals surface area contributed by atoms with Gasteiger partial charge >= 0.3 is 6.03 Å². The van der Waals surface area contributed by atoms with Gasteiger partial charge < -0.3 is 5.32 Å². The maximum atomic E-state index is 11.8. The number of carbonyl (C=O) groups excluding carboxylic acids is 1. The highest BCUT2D eigenvalue weighted by atomic mass is 32.2. The summed E-state index contributed by atoms with van der Waals surface area (Å²) in [5.74, 6) is 0.455. The monoisotopic (exact) mass is 270 g/mol. The Morgan fingerprint density at radius 2 is 1.83 bits per heavy atom. The number of hydrogen-bond donors (Lipinski definition) is 2. The van der Waals surface area contributed by atoms with Gasteiger partial charge in [-0.1, -0.05) is 32.0 Å². The Morgan fingerprint density at radius 3 is 2.39 bits per heavy atom. The van der Waals surface area contributed by atoms with Gasteiger partial charge in [0.25, 0.3) is 10.0 Å². The van der Waals surface area contributed by atoms with Crippen LogP contribution in [0.5, 0.6) is 0 Å². The van der Waals surface area contributed by atoms with Gasteiger partial charge in [-0.15, -0.1) is 0 Å². The average Bonchev–Trinajstić information content (AvgIpc) is 2.29. The van der Waals surface area contributed by atoms with E-state index in [-0.39, 0.29) is 4.90 Å². The van der Waals surface area contributed by atoms with Gasteiger partial charge in [0, 0.05) is 6.54 Å². The van der Waals surface area contributed by atoms with Crippen LogP contribution >= 0.6 is 0 Å². The number of benzene rings is 1. The number of rotatable bonds is 5. The highest BCUT2D eigenvalue weighted by Gasteiger charge is 2.16. The van der Waals surface area contributed by atoms with Crippen molar-refractivity contribution in [3.63, 3.8) is 0 Å². The van der Waals surface area contributed by atoms with E-state index in [1.165, 1.54) is 12.1 Å². The summed E-state index contributed by atoms with van der Waals surface area (Å²) in [5, 5.41) is 2.51. The Bertz CT molecular complexity index is 483. The molecule has 0 aliphatic heterocycles. The van der Waals surface area contributed by atoms with Crippen LogP contribution < -0.4 is 10.0 Å². The van der Waals surface area contributed by atoms with Crippen molar-refractivity contribution in [2.45, 2.75) is 25.2 Å². The van der Waals surface area contributed by atoms with Crippen molar-refractivity contribution < 1.29 is 13.2 Å². The van der Waals surface area contributed by atoms with Crippen LogP contribution in [0, 0.1) is 5.92 Å². The Labute approximate surface area is 108 Å². The average molecular weight is 270 g/mol. The van der Waals surface area contributed by atoms with E-state index in [0.717, 1.165) is 6.42 Å². The first kappa shape index (κ1) is 14.5. The van der Waals surface area contributed by atoms with Gasteiger partial charge in [0.15, 0.2) is 0 Å². The van der Waals surface area contributed by atoms with Gasteiger partial charge in [0.05, 0.1) is 4.90 Å². The van der Waals surface area contributed by atoms with Crippen molar-refractivity contribution in [2.75, 3.05) is 6.54 Å². The van der Waals surface area contributed by atoms with Crippen LogP contribution in [0.2, 0.25) is 0 Å². The second-order valence-corrected chi connectivity index (χ2v) is 6.04. The largest absolute Gasteiger partial charge is 0.337 e. The molecule has 0 saturated heterocycles. The molecule has 1 rings (SSSR count). The lowest BCUT2D eigenvalue weighted by Gasteiger charge is -2.09. The van der Waals surface area contributed by atoms with Gasteiger partial charge in [-0.2, -0.15) is 0 Å². The third-order valence-electron chi connectivity index (χ3n) is 2.29. The highest BCUT2D eigenvalue weighted by molar-refractivity contribution is 7.90. The van der Waals surface area contributed by atoms with Crippen LogP contribution in [0.4, 0.5) is 4.79 Å². The van der Waals surface area contributed by atoms with E-state index in [1.54, 1.807) is 18.2 Å². The lowest BCUT2D eigenvalue weighted by atomic mass is 10.1. The van der Waals surface area contributed by atoms with Gasteiger partial charge in [-0.05, 0) is 24.5 Å². The molecule has 0 radical (unpaired) electrons. The molecule has 0 fully saturated rings. The highest BCUT2D eigenvalue weighted by Crippen LogP contribution is 2.06. The number of hydrogen-bond acceptors (Lipinski definition) is 3. The molecule has 0 heterocycles. The molecule has 2 amide bonds. The van der Waals surface area contributed by atoms with Crippen LogP contribution in [0.1, 0.15) is 20.3 Å². The zero-order chi connectivity index (χ0) is 13.6. The molecule has 18 heavy (non-hydrogen) atoms. The number of nitrogens with one attached hydrogen (secondary N) is 2. The number of sulfonamides is 1. The van der Waals surface area contributed by atoms with Crippen LogP contribution in [-0.2, 0) is 10.0 Å². The van der Waals surface area contributed by atoms with Crippen molar-refractivity contribution in [2.24, 2.45) is 5.92 Å². The number of carbonyl (C=O) groups is 1. The van der Waals surface area contributed by atoms with Crippen molar-refractivity contribution in [1.82, 2.24) is 10.0 Å². The predicted octanol–water partition coefficient (Wildman–Crippen LogP) is 1.72. The van der Waals surface area contributed by atoms with E-state index in [1.807, 2.05) is 18.6 Å². The Kier molecular flexibility index (Phi) is 5.15. The van der Waals surface area contributed by atoms with Gasteiger partial charge in [0.1, 0.15) is 0 Å². The van der Waals surface area contributed by atoms with Crippen molar-refractivity contribution in [3.05, 3.63) is 30.3 Å². The first-order chi connectivity index (χ1) is 8.42. The first-order valence-corrected chi connectivity index (χ1v) is 7.26. The minimum absolute atomic E-state index is 0.0732. The standard InChI is InChI=1S/C12H18N2O3S/c1-10(2)8-9-13-12(15)14-18(16,17)11-6-4-3-5-7-11/h3-7,10H,8-9H2,1-2H3,(H2,13,14,15). The summed E-state index contributed by atoms with van der Waals surface area (Å²) in [6.07, 6.45) is 0.804. The molecule has 100 valence electrons. The second-order valence-electron chi connectivity index (χ2n) is 4.36. The predicted molar refractivity (Wildman–Crippen MR) is 69.6 cm³/mol. The number of urea groups is 1. The van der Waals surface area contributed by atoms with Crippen LogP contribution in [-0.4, -0.2) is 21.0 Å². The fourth-order valence-corrected chi connectivity index (χ4v) is 2.24. The second kappa shape index (κ2) is 6.39. The fourth-order valence-electron chi connectivity index (χ4n) is 1.29. The van der Waals surface area contributed by atoms with Crippen molar-refractivity contribution >= 4 is 16.1 Å². The molecule has 0 bridgehead atoms. The smallest absolute Gasteiger partial charge is 0.328 e. The van der Waals surface area contributed by atoms with E-state index >= 15 is 0 Å². The molecule has 0 aliphatic carbocycles. The molecule has 5 nitrogen and oxygen atoms in total. The maximum absolute atomic E-state index is 11.8. The molecule has 2 N–H and O–H groups in total. The fraction of sp³-hybridized carbons (Fsp3) is 0.417. The Balaban J connectivity index is 2.54. The summed E-state index contributed by atoms with van der Waals surface area (Å²) in [7, 11) is -3.77. The van der Waals surface area contributed by atoms with Gasteiger partial charge in [-0.25, -0.2) is 17.9 Å².